The Balaban J connectivity index is 1.07. The predicted molar refractivity (Wildman–Crippen MR) is 259 cm³/mol. The summed E-state index contributed by atoms with van der Waals surface area (Å²) in [6.07, 6.45) is 2.35. The summed E-state index contributed by atoms with van der Waals surface area (Å²) in [5.41, 5.74) is 2.91. The molecule has 1 heterocycles. The number of likely N-dealkylation sites (tertiary alicyclic amines) is 1. The normalized spacial score (nSPS) is 13.8. The number of nitrogens with zero attached hydrogens (tertiary/aromatic N) is 4. The van der Waals surface area contributed by atoms with Crippen LogP contribution in [0.4, 0.5) is 17.1 Å². The van der Waals surface area contributed by atoms with E-state index in [-0.39, 0.29) is 43.4 Å². The molecule has 5 aromatic rings. The number of amides is 1. The molecule has 360 valence electrons. The number of carboxylic acid groups (broad SMARTS) is 1. The van der Waals surface area contributed by atoms with Crippen LogP contribution >= 0.6 is 0 Å². The minimum absolute atomic E-state index is 0.0172. The maximum atomic E-state index is 13.6. The molecule has 0 atom stereocenters. The molecule has 1 aliphatic rings. The lowest BCUT2D eigenvalue weighted by Gasteiger charge is -2.44. The molecule has 0 bridgehead atoms. The number of hydrogen-bond donors (Lipinski definition) is 2. The van der Waals surface area contributed by atoms with E-state index in [1.54, 1.807) is 26.4 Å². The van der Waals surface area contributed by atoms with Crippen molar-refractivity contribution in [1.29, 1.82) is 0 Å². The zero-order valence-electron chi connectivity index (χ0n) is 39.1. The monoisotopic (exact) mass is 947 g/mol. The van der Waals surface area contributed by atoms with Crippen molar-refractivity contribution in [3.8, 4) is 11.5 Å². The van der Waals surface area contributed by atoms with Crippen molar-refractivity contribution in [2.24, 2.45) is 15.6 Å². The molecule has 0 aromatic heterocycles. The van der Waals surface area contributed by atoms with Gasteiger partial charge in [0.2, 0.25) is 15.9 Å². The van der Waals surface area contributed by atoms with Crippen molar-refractivity contribution in [2.75, 3.05) is 66.1 Å². The van der Waals surface area contributed by atoms with Crippen LogP contribution < -0.4 is 19.1 Å². The highest BCUT2D eigenvalue weighted by Crippen LogP contribution is 2.44. The summed E-state index contributed by atoms with van der Waals surface area (Å²) in [7, 11) is 3.38. The largest absolute Gasteiger partial charge is 0.497 e. The van der Waals surface area contributed by atoms with Gasteiger partial charge in [-0.15, -0.1) is 0 Å². The van der Waals surface area contributed by atoms with Crippen LogP contribution in [-0.4, -0.2) is 97.4 Å². The van der Waals surface area contributed by atoms with Gasteiger partial charge in [0.15, 0.2) is 0 Å². The Bertz CT molecular complexity index is 2500. The first-order valence-corrected chi connectivity index (χ1v) is 24.2. The molecule has 6 rings (SSSR count). The lowest BCUT2D eigenvalue weighted by molar-refractivity contribution is -0.157. The Labute approximate surface area is 399 Å². The Morgan fingerprint density at radius 3 is 1.76 bits per heavy atom. The molecule has 15 nitrogen and oxygen atoms in total. The summed E-state index contributed by atoms with van der Waals surface area (Å²) < 4.78 is 52.8. The number of sulfonamides is 1. The van der Waals surface area contributed by atoms with E-state index in [9.17, 15) is 27.9 Å². The Morgan fingerprint density at radius 1 is 0.691 bits per heavy atom. The number of azo groups is 1. The minimum Gasteiger partial charge on any atom is -0.497 e. The van der Waals surface area contributed by atoms with Gasteiger partial charge in [-0.05, 0) is 115 Å². The van der Waals surface area contributed by atoms with Crippen LogP contribution in [0.3, 0.4) is 0 Å². The van der Waals surface area contributed by atoms with Crippen molar-refractivity contribution < 1.29 is 46.9 Å². The number of aliphatic carboxylic acids is 1. The fraction of sp³-hybridized carbons (Fsp3) is 0.365. The van der Waals surface area contributed by atoms with E-state index >= 15 is 0 Å². The summed E-state index contributed by atoms with van der Waals surface area (Å²) in [6.45, 7) is 1.10. The van der Waals surface area contributed by atoms with Gasteiger partial charge in [-0.2, -0.15) is 10.2 Å². The van der Waals surface area contributed by atoms with Crippen LogP contribution in [-0.2, 0) is 39.5 Å². The van der Waals surface area contributed by atoms with Gasteiger partial charge in [-0.1, -0.05) is 61.0 Å². The summed E-state index contributed by atoms with van der Waals surface area (Å²) in [5, 5.41) is 17.7. The Morgan fingerprint density at radius 2 is 1.24 bits per heavy atom. The van der Waals surface area contributed by atoms with Gasteiger partial charge < -0.3 is 33.9 Å². The highest BCUT2D eigenvalue weighted by molar-refractivity contribution is 7.89. The molecule has 2 N–H and O–H groups in total. The Hall–Kier alpha value is -6.62. The average molecular weight is 948 g/mol. The molecule has 0 saturated carbocycles. The number of hydrogen-bond acceptors (Lipinski definition) is 12. The number of carbonyl (C=O) groups excluding carboxylic acids is 2. The third-order valence-electron chi connectivity index (χ3n) is 12.2. The number of anilines is 1. The number of carboxylic acids is 1. The molecule has 0 unspecified atom stereocenters. The number of nitrogens with one attached hydrogen (secondary N) is 1. The molecular weight excluding hydrogens is 887 g/mol. The van der Waals surface area contributed by atoms with E-state index in [1.165, 1.54) is 12.1 Å². The summed E-state index contributed by atoms with van der Waals surface area (Å²) in [6, 6.07) is 39.0. The van der Waals surface area contributed by atoms with Crippen LogP contribution in [0.25, 0.3) is 0 Å². The topological polar surface area (TPSA) is 186 Å². The van der Waals surface area contributed by atoms with Crippen molar-refractivity contribution in [2.45, 2.75) is 61.9 Å². The number of carbonyl (C=O) groups is 3. The molecule has 5 aromatic carbocycles. The summed E-state index contributed by atoms with van der Waals surface area (Å²) in [4.78, 5) is 41.6. The van der Waals surface area contributed by atoms with Crippen molar-refractivity contribution in [3.05, 3.63) is 144 Å². The van der Waals surface area contributed by atoms with Crippen LogP contribution in [0.1, 0.15) is 68.1 Å². The maximum Gasteiger partial charge on any atom is 0.306 e. The van der Waals surface area contributed by atoms with E-state index < -0.39 is 33.0 Å². The number of ether oxygens (including phenoxy) is 4. The average Bonchev–Trinajstić information content (AvgIpc) is 3.36. The first-order valence-electron chi connectivity index (χ1n) is 22.7. The number of methoxy groups -OCH3 is 2. The van der Waals surface area contributed by atoms with Gasteiger partial charge >= 0.3 is 11.9 Å². The predicted octanol–water partition coefficient (Wildman–Crippen LogP) is 9.05. The minimum atomic E-state index is -3.75. The molecule has 1 amide bonds. The standard InChI is InChI=1S/C52H61N5O10S/c1-56(2)44-22-18-42(19-23-44)54-55-43-20-28-47(29-21-43)68(62,63)53-34-10-6-9-13-48(58)57-35-32-51(33-36-57,37-66-50(61)31-30-49(59)60)38-67-52(39-11-7-5-8-12-39,40-14-24-45(64-3)25-15-40)41-16-26-46(65-4)27-17-41/h5,7-8,11-12,14-29,53H,6,9-10,13,30-38H2,1-4H3,(H,59,60)/b55-54+. The van der Waals surface area contributed by atoms with Crippen molar-refractivity contribution in [1.82, 2.24) is 9.62 Å². The summed E-state index contributed by atoms with van der Waals surface area (Å²) >= 11 is 0. The lowest BCUT2D eigenvalue weighted by atomic mass is 9.77. The van der Waals surface area contributed by atoms with E-state index in [0.717, 1.165) is 22.4 Å². The molecule has 1 saturated heterocycles. The van der Waals surface area contributed by atoms with Gasteiger partial charge in [0.1, 0.15) is 17.1 Å². The van der Waals surface area contributed by atoms with Crippen LogP contribution in [0, 0.1) is 5.41 Å². The number of unbranched alkanes of at least 4 members (excludes halogenated alkanes) is 2. The third-order valence-corrected chi connectivity index (χ3v) is 13.7. The van der Waals surface area contributed by atoms with E-state index in [1.807, 2.05) is 127 Å². The molecule has 0 spiro atoms. The fourth-order valence-electron chi connectivity index (χ4n) is 8.06. The smallest absolute Gasteiger partial charge is 0.306 e. The Kier molecular flexibility index (Phi) is 17.9. The van der Waals surface area contributed by atoms with Crippen LogP contribution in [0.2, 0.25) is 0 Å². The summed E-state index contributed by atoms with van der Waals surface area (Å²) in [5.74, 6) is -0.373. The van der Waals surface area contributed by atoms with Crippen LogP contribution in [0.15, 0.2) is 143 Å². The van der Waals surface area contributed by atoms with E-state index in [0.29, 0.717) is 74.5 Å². The highest BCUT2D eigenvalue weighted by atomic mass is 32.2. The second-order valence-corrected chi connectivity index (χ2v) is 18.8. The number of esters is 1. The number of benzene rings is 5. The van der Waals surface area contributed by atoms with Gasteiger partial charge in [-0.25, -0.2) is 13.1 Å². The van der Waals surface area contributed by atoms with Gasteiger partial charge in [0, 0.05) is 51.3 Å². The van der Waals surface area contributed by atoms with E-state index in [4.69, 9.17) is 18.9 Å². The fourth-order valence-corrected chi connectivity index (χ4v) is 9.14. The first-order chi connectivity index (χ1) is 32.8. The van der Waals surface area contributed by atoms with Gasteiger partial charge in [0.25, 0.3) is 0 Å². The first kappa shape index (κ1) is 50.8. The third kappa shape index (κ3) is 13.5. The lowest BCUT2D eigenvalue weighted by Crippen LogP contribution is -2.49. The molecule has 1 fully saturated rings. The second kappa shape index (κ2) is 23.9. The second-order valence-electron chi connectivity index (χ2n) is 17.0. The molecule has 0 radical (unpaired) electrons. The number of rotatable bonds is 24. The molecule has 16 heteroatoms. The van der Waals surface area contributed by atoms with Gasteiger partial charge in [0.05, 0.1) is 56.5 Å². The van der Waals surface area contributed by atoms with Crippen molar-refractivity contribution >= 4 is 44.9 Å². The number of piperidine rings is 1. The SMILES string of the molecule is COc1ccc(C(OCC2(COC(=O)CCC(=O)O)CCN(C(=O)CCCCCNS(=O)(=O)c3ccc(/N=N/c4ccc(N(C)C)cc4)cc3)CC2)(c2ccccc2)c2ccc(OC)cc2)cc1. The quantitative estimate of drug-likeness (QED) is 0.0260. The van der Waals surface area contributed by atoms with Crippen molar-refractivity contribution in [3.63, 3.8) is 0 Å². The maximum absolute atomic E-state index is 13.6. The van der Waals surface area contributed by atoms with Gasteiger partial charge in [-0.3, -0.25) is 14.4 Å². The molecule has 1 aliphatic heterocycles. The van der Waals surface area contributed by atoms with E-state index in [2.05, 4.69) is 15.0 Å². The molecule has 0 aliphatic carbocycles. The zero-order chi connectivity index (χ0) is 48.6. The molecule has 68 heavy (non-hydrogen) atoms. The molecular formula is C52H61N5O10S. The zero-order valence-corrected chi connectivity index (χ0v) is 40.0. The highest BCUT2D eigenvalue weighted by Gasteiger charge is 2.44. The van der Waals surface area contributed by atoms with Crippen LogP contribution in [0.5, 0.6) is 11.5 Å².